The minimum absolute atomic E-state index is 0. The number of halogens is 2. The molecule has 3 rings (SSSR count). The molecule has 27 heavy (non-hydrogen) atoms. The van der Waals surface area contributed by atoms with Crippen LogP contribution < -0.4 is 11.1 Å². The lowest BCUT2D eigenvalue weighted by molar-refractivity contribution is -0.122. The van der Waals surface area contributed by atoms with Gasteiger partial charge < -0.3 is 11.1 Å². The average Bonchev–Trinajstić information content (AvgIpc) is 3.14. The van der Waals surface area contributed by atoms with Crippen molar-refractivity contribution in [1.82, 2.24) is 10.2 Å². The predicted octanol–water partition coefficient (Wildman–Crippen LogP) is 3.31. The molecule has 0 saturated carbocycles. The van der Waals surface area contributed by atoms with E-state index in [4.69, 9.17) is 5.73 Å². The first-order chi connectivity index (χ1) is 12.2. The van der Waals surface area contributed by atoms with Gasteiger partial charge in [-0.25, -0.2) is 0 Å². The van der Waals surface area contributed by atoms with Crippen LogP contribution in [0.15, 0.2) is 54.6 Å². The highest BCUT2D eigenvalue weighted by Gasteiger charge is 2.16. The maximum absolute atomic E-state index is 12.3. The molecule has 1 aliphatic rings. The number of benzene rings is 2. The van der Waals surface area contributed by atoms with Gasteiger partial charge in [0.05, 0.1) is 6.04 Å². The van der Waals surface area contributed by atoms with Gasteiger partial charge in [0.1, 0.15) is 0 Å². The lowest BCUT2D eigenvalue weighted by atomic mass is 10.0. The number of likely N-dealkylation sites (tertiary alicyclic amines) is 1. The van der Waals surface area contributed by atoms with Crippen LogP contribution >= 0.6 is 24.8 Å². The van der Waals surface area contributed by atoms with Gasteiger partial charge in [-0.3, -0.25) is 9.69 Å². The van der Waals surface area contributed by atoms with Gasteiger partial charge in [0.25, 0.3) is 0 Å². The van der Waals surface area contributed by atoms with E-state index in [0.29, 0.717) is 13.0 Å². The van der Waals surface area contributed by atoms with Crippen LogP contribution in [0.2, 0.25) is 0 Å². The van der Waals surface area contributed by atoms with Gasteiger partial charge in [0.15, 0.2) is 0 Å². The minimum atomic E-state index is -0.520. The Labute approximate surface area is 174 Å². The van der Waals surface area contributed by atoms with Crippen LogP contribution in [0.25, 0.3) is 0 Å². The third-order valence-corrected chi connectivity index (χ3v) is 4.80. The van der Waals surface area contributed by atoms with E-state index in [-0.39, 0.29) is 30.7 Å². The summed E-state index contributed by atoms with van der Waals surface area (Å²) in [7, 11) is 0. The van der Waals surface area contributed by atoms with Crippen LogP contribution in [-0.2, 0) is 24.3 Å². The van der Waals surface area contributed by atoms with E-state index in [0.717, 1.165) is 12.1 Å². The molecule has 2 aromatic rings. The summed E-state index contributed by atoms with van der Waals surface area (Å²) in [6, 6.07) is 17.7. The van der Waals surface area contributed by atoms with Crippen molar-refractivity contribution in [3.8, 4) is 0 Å². The van der Waals surface area contributed by atoms with Crippen molar-refractivity contribution in [3.05, 3.63) is 71.3 Å². The Bertz CT molecular complexity index is 691. The van der Waals surface area contributed by atoms with Gasteiger partial charge in [0.2, 0.25) is 5.91 Å². The Kier molecular flexibility index (Phi) is 10.4. The summed E-state index contributed by atoms with van der Waals surface area (Å²) in [6.07, 6.45) is 3.13. The first kappa shape index (κ1) is 23.4. The average molecular weight is 410 g/mol. The SMILES string of the molecule is Cl.Cl.NC(Cc1ccccc1)C(=O)NCc1ccccc1CN1CCCC1. The number of hydrogen-bond acceptors (Lipinski definition) is 3. The van der Waals surface area contributed by atoms with Gasteiger partial charge in [0, 0.05) is 13.1 Å². The van der Waals surface area contributed by atoms with E-state index in [1.54, 1.807) is 0 Å². The van der Waals surface area contributed by atoms with E-state index in [1.807, 2.05) is 36.4 Å². The number of nitrogens with zero attached hydrogens (tertiary/aromatic N) is 1. The topological polar surface area (TPSA) is 58.4 Å². The van der Waals surface area contributed by atoms with Crippen molar-refractivity contribution in [3.63, 3.8) is 0 Å². The Morgan fingerprint density at radius 1 is 0.963 bits per heavy atom. The molecular formula is C21H29Cl2N3O. The number of nitrogens with one attached hydrogen (secondary N) is 1. The second-order valence-electron chi connectivity index (χ2n) is 6.77. The number of hydrogen-bond donors (Lipinski definition) is 2. The lowest BCUT2D eigenvalue weighted by Gasteiger charge is -2.18. The molecule has 3 N–H and O–H groups in total. The molecule has 6 heteroatoms. The standard InChI is InChI=1S/C21H27N3O.2ClH/c22-20(14-17-8-2-1-3-9-17)21(25)23-15-18-10-4-5-11-19(18)16-24-12-6-7-13-24;;/h1-5,8-11,20H,6-7,12-16,22H2,(H,23,25);2*1H. The minimum Gasteiger partial charge on any atom is -0.351 e. The zero-order valence-corrected chi connectivity index (χ0v) is 17.1. The molecule has 0 aliphatic carbocycles. The monoisotopic (exact) mass is 409 g/mol. The normalized spacial score (nSPS) is 14.7. The molecular weight excluding hydrogens is 381 g/mol. The van der Waals surface area contributed by atoms with Crippen molar-refractivity contribution in [2.75, 3.05) is 13.1 Å². The van der Waals surface area contributed by atoms with Crippen molar-refractivity contribution in [1.29, 1.82) is 0 Å². The first-order valence-electron chi connectivity index (χ1n) is 9.09. The number of rotatable bonds is 7. The molecule has 1 atom stereocenters. The van der Waals surface area contributed by atoms with Gasteiger partial charge in [-0.2, -0.15) is 0 Å². The van der Waals surface area contributed by atoms with Crippen molar-refractivity contribution >= 4 is 30.7 Å². The summed E-state index contributed by atoms with van der Waals surface area (Å²) in [5.41, 5.74) is 9.61. The number of amides is 1. The molecule has 1 unspecified atom stereocenters. The third-order valence-electron chi connectivity index (χ3n) is 4.80. The zero-order valence-electron chi connectivity index (χ0n) is 15.5. The fraction of sp³-hybridized carbons (Fsp3) is 0.381. The molecule has 1 saturated heterocycles. The zero-order chi connectivity index (χ0) is 17.5. The molecule has 0 spiro atoms. The van der Waals surface area contributed by atoms with E-state index in [9.17, 15) is 4.79 Å². The molecule has 0 aromatic heterocycles. The Morgan fingerprint density at radius 2 is 1.56 bits per heavy atom. The fourth-order valence-corrected chi connectivity index (χ4v) is 3.34. The highest BCUT2D eigenvalue weighted by molar-refractivity contribution is 5.85. The second-order valence-corrected chi connectivity index (χ2v) is 6.77. The largest absolute Gasteiger partial charge is 0.351 e. The smallest absolute Gasteiger partial charge is 0.237 e. The highest BCUT2D eigenvalue weighted by Crippen LogP contribution is 2.16. The number of carbonyl (C=O) groups excluding carboxylic acids is 1. The van der Waals surface area contributed by atoms with E-state index in [1.165, 1.54) is 37.1 Å². The molecule has 4 nitrogen and oxygen atoms in total. The maximum atomic E-state index is 12.3. The lowest BCUT2D eigenvalue weighted by Crippen LogP contribution is -2.41. The fourth-order valence-electron chi connectivity index (χ4n) is 3.34. The van der Waals surface area contributed by atoms with Crippen LogP contribution in [0.1, 0.15) is 29.5 Å². The van der Waals surface area contributed by atoms with Crippen LogP contribution in [0.3, 0.4) is 0 Å². The van der Waals surface area contributed by atoms with Gasteiger partial charge in [-0.05, 0) is 49.0 Å². The molecule has 148 valence electrons. The molecule has 1 aliphatic heterocycles. The predicted molar refractivity (Wildman–Crippen MR) is 115 cm³/mol. The molecule has 1 heterocycles. The number of nitrogens with two attached hydrogens (primary N) is 1. The molecule has 1 amide bonds. The Balaban J connectivity index is 0.00000182. The Morgan fingerprint density at radius 3 is 2.22 bits per heavy atom. The van der Waals surface area contributed by atoms with E-state index in [2.05, 4.69) is 28.4 Å². The second kappa shape index (κ2) is 12.0. The molecule has 0 radical (unpaired) electrons. The highest BCUT2D eigenvalue weighted by atomic mass is 35.5. The van der Waals surface area contributed by atoms with Gasteiger partial charge in [-0.15, -0.1) is 24.8 Å². The maximum Gasteiger partial charge on any atom is 0.237 e. The Hall–Kier alpha value is -1.59. The van der Waals surface area contributed by atoms with Crippen LogP contribution in [0.4, 0.5) is 0 Å². The third kappa shape index (κ3) is 7.15. The summed E-state index contributed by atoms with van der Waals surface area (Å²) in [5, 5.41) is 3.00. The summed E-state index contributed by atoms with van der Waals surface area (Å²) in [4.78, 5) is 14.8. The van der Waals surface area contributed by atoms with Gasteiger partial charge >= 0.3 is 0 Å². The molecule has 2 aromatic carbocycles. The summed E-state index contributed by atoms with van der Waals surface area (Å²) in [6.45, 7) is 3.83. The quantitative estimate of drug-likeness (QED) is 0.737. The van der Waals surface area contributed by atoms with Crippen LogP contribution in [0, 0.1) is 0 Å². The summed E-state index contributed by atoms with van der Waals surface area (Å²) < 4.78 is 0. The van der Waals surface area contributed by atoms with Crippen molar-refractivity contribution in [2.24, 2.45) is 5.73 Å². The van der Waals surface area contributed by atoms with Crippen molar-refractivity contribution < 1.29 is 4.79 Å². The van der Waals surface area contributed by atoms with Crippen LogP contribution in [-0.4, -0.2) is 29.9 Å². The molecule has 1 fully saturated rings. The summed E-state index contributed by atoms with van der Waals surface area (Å²) in [5.74, 6) is -0.0974. The number of carbonyl (C=O) groups is 1. The van der Waals surface area contributed by atoms with Crippen LogP contribution in [0.5, 0.6) is 0 Å². The van der Waals surface area contributed by atoms with Crippen molar-refractivity contribution in [2.45, 2.75) is 38.4 Å². The molecule has 0 bridgehead atoms. The van der Waals surface area contributed by atoms with E-state index >= 15 is 0 Å². The first-order valence-corrected chi connectivity index (χ1v) is 9.09. The van der Waals surface area contributed by atoms with E-state index < -0.39 is 6.04 Å². The summed E-state index contributed by atoms with van der Waals surface area (Å²) >= 11 is 0. The van der Waals surface area contributed by atoms with Gasteiger partial charge in [-0.1, -0.05) is 54.6 Å².